The molecule has 1 heterocycles. The van der Waals surface area contributed by atoms with Crippen LogP contribution >= 0.6 is 0 Å². The zero-order valence-corrected chi connectivity index (χ0v) is 9.32. The predicted octanol–water partition coefficient (Wildman–Crippen LogP) is 0.232. The fourth-order valence-corrected chi connectivity index (χ4v) is 1.39. The Morgan fingerprint density at radius 3 is 3.00 bits per heavy atom. The molecule has 1 unspecified atom stereocenters. The summed E-state index contributed by atoms with van der Waals surface area (Å²) in [5.41, 5.74) is 5.57. The molecule has 4 N–H and O–H groups in total. The third kappa shape index (κ3) is 3.51. The van der Waals surface area contributed by atoms with Gasteiger partial charge in [-0.1, -0.05) is 13.3 Å². The second kappa shape index (κ2) is 6.07. The van der Waals surface area contributed by atoms with E-state index in [2.05, 4.69) is 10.3 Å². The van der Waals surface area contributed by atoms with E-state index in [0.717, 1.165) is 12.8 Å². The summed E-state index contributed by atoms with van der Waals surface area (Å²) < 4.78 is 0. The maximum absolute atomic E-state index is 11.6. The van der Waals surface area contributed by atoms with E-state index in [1.165, 1.54) is 18.5 Å². The molecular weight excluding hydrogens is 206 g/mol. The Balaban J connectivity index is 2.54. The number of aromatic nitrogens is 1. The minimum absolute atomic E-state index is 0.0586. The number of carbonyl (C=O) groups is 1. The van der Waals surface area contributed by atoms with Crippen LogP contribution in [0.3, 0.4) is 0 Å². The molecular formula is C11H17N3O2. The first-order valence-electron chi connectivity index (χ1n) is 5.36. The molecule has 0 aliphatic carbocycles. The fourth-order valence-electron chi connectivity index (χ4n) is 1.39. The maximum atomic E-state index is 11.6. The van der Waals surface area contributed by atoms with Gasteiger partial charge in [0.15, 0.2) is 5.43 Å². The van der Waals surface area contributed by atoms with Crippen molar-refractivity contribution in [3.05, 3.63) is 34.2 Å². The van der Waals surface area contributed by atoms with Crippen LogP contribution in [-0.2, 0) is 0 Å². The molecule has 0 spiro atoms. The van der Waals surface area contributed by atoms with Crippen LogP contribution in [0.5, 0.6) is 0 Å². The first-order chi connectivity index (χ1) is 7.65. The second-order valence-electron chi connectivity index (χ2n) is 3.68. The number of carbonyl (C=O) groups excluding carboxylic acids is 1. The number of rotatable bonds is 5. The van der Waals surface area contributed by atoms with Crippen molar-refractivity contribution in [2.75, 3.05) is 6.54 Å². The smallest absolute Gasteiger partial charge is 0.256 e. The van der Waals surface area contributed by atoms with E-state index < -0.39 is 0 Å². The molecule has 1 atom stereocenters. The molecule has 0 radical (unpaired) electrons. The molecule has 0 aliphatic rings. The van der Waals surface area contributed by atoms with Crippen molar-refractivity contribution in [2.24, 2.45) is 5.73 Å². The van der Waals surface area contributed by atoms with Crippen molar-refractivity contribution in [3.8, 4) is 0 Å². The van der Waals surface area contributed by atoms with Gasteiger partial charge in [-0.2, -0.15) is 0 Å². The summed E-state index contributed by atoms with van der Waals surface area (Å²) in [5, 5.41) is 2.64. The lowest BCUT2D eigenvalue weighted by atomic mass is 10.2. The van der Waals surface area contributed by atoms with Gasteiger partial charge in [0, 0.05) is 31.0 Å². The Labute approximate surface area is 94.1 Å². The van der Waals surface area contributed by atoms with Gasteiger partial charge in [0.05, 0.1) is 0 Å². The van der Waals surface area contributed by atoms with E-state index >= 15 is 0 Å². The molecule has 5 heteroatoms. The zero-order chi connectivity index (χ0) is 12.0. The highest BCUT2D eigenvalue weighted by Crippen LogP contribution is 1.92. The number of H-pyrrole nitrogens is 1. The lowest BCUT2D eigenvalue weighted by Crippen LogP contribution is -2.38. The van der Waals surface area contributed by atoms with Gasteiger partial charge in [0.2, 0.25) is 0 Å². The molecule has 1 amide bonds. The van der Waals surface area contributed by atoms with Crippen molar-refractivity contribution >= 4 is 5.91 Å². The number of nitrogens with two attached hydrogens (primary N) is 1. The maximum Gasteiger partial charge on any atom is 0.256 e. The van der Waals surface area contributed by atoms with E-state index in [-0.39, 0.29) is 22.9 Å². The van der Waals surface area contributed by atoms with Crippen LogP contribution in [0.2, 0.25) is 0 Å². The standard InChI is InChI=1S/C11H17N3O2/c1-2-3-8(12)6-14-11(16)9-7-13-5-4-10(9)15/h4-5,7-8H,2-3,6,12H2,1H3,(H,13,15)(H,14,16). The molecule has 0 saturated carbocycles. The summed E-state index contributed by atoms with van der Waals surface area (Å²) in [6.45, 7) is 2.42. The summed E-state index contributed by atoms with van der Waals surface area (Å²) in [6.07, 6.45) is 4.71. The topological polar surface area (TPSA) is 88.0 Å². The van der Waals surface area contributed by atoms with Crippen LogP contribution in [0, 0.1) is 0 Å². The second-order valence-corrected chi connectivity index (χ2v) is 3.68. The number of aromatic amines is 1. The molecule has 0 saturated heterocycles. The normalized spacial score (nSPS) is 12.1. The van der Waals surface area contributed by atoms with E-state index in [0.29, 0.717) is 6.54 Å². The molecule has 5 nitrogen and oxygen atoms in total. The number of amides is 1. The monoisotopic (exact) mass is 223 g/mol. The summed E-state index contributed by atoms with van der Waals surface area (Å²) >= 11 is 0. The quantitative estimate of drug-likeness (QED) is 0.667. The minimum Gasteiger partial charge on any atom is -0.367 e. The van der Waals surface area contributed by atoms with Crippen molar-refractivity contribution in [1.29, 1.82) is 0 Å². The largest absolute Gasteiger partial charge is 0.367 e. The van der Waals surface area contributed by atoms with Crippen molar-refractivity contribution in [1.82, 2.24) is 10.3 Å². The fraction of sp³-hybridized carbons (Fsp3) is 0.455. The van der Waals surface area contributed by atoms with Crippen molar-refractivity contribution in [2.45, 2.75) is 25.8 Å². The Morgan fingerprint density at radius 2 is 2.38 bits per heavy atom. The SMILES string of the molecule is CCCC(N)CNC(=O)c1c[nH]ccc1=O. The highest BCUT2D eigenvalue weighted by atomic mass is 16.2. The molecule has 16 heavy (non-hydrogen) atoms. The van der Waals surface area contributed by atoms with Gasteiger partial charge in [-0.3, -0.25) is 9.59 Å². The average Bonchev–Trinajstić information content (AvgIpc) is 2.27. The average molecular weight is 223 g/mol. The summed E-state index contributed by atoms with van der Waals surface area (Å²) in [6, 6.07) is 1.26. The lowest BCUT2D eigenvalue weighted by Gasteiger charge is -2.11. The van der Waals surface area contributed by atoms with Crippen LogP contribution in [0.4, 0.5) is 0 Å². The minimum atomic E-state index is -0.381. The number of hydrogen-bond donors (Lipinski definition) is 3. The van der Waals surface area contributed by atoms with Gasteiger partial charge in [-0.05, 0) is 6.42 Å². The van der Waals surface area contributed by atoms with Crippen LogP contribution in [0.25, 0.3) is 0 Å². The number of pyridine rings is 1. The van der Waals surface area contributed by atoms with Gasteiger partial charge in [-0.15, -0.1) is 0 Å². The Hall–Kier alpha value is -1.62. The number of nitrogens with one attached hydrogen (secondary N) is 2. The van der Waals surface area contributed by atoms with Crippen LogP contribution < -0.4 is 16.5 Å². The van der Waals surface area contributed by atoms with Crippen molar-refractivity contribution < 1.29 is 4.79 Å². The van der Waals surface area contributed by atoms with Gasteiger partial charge in [0.1, 0.15) is 5.56 Å². The molecule has 0 aliphatic heterocycles. The lowest BCUT2D eigenvalue weighted by molar-refractivity contribution is 0.0949. The molecule has 1 aromatic heterocycles. The molecule has 88 valence electrons. The molecule has 0 aromatic carbocycles. The first kappa shape index (κ1) is 12.4. The van der Waals surface area contributed by atoms with Crippen LogP contribution in [-0.4, -0.2) is 23.5 Å². The summed E-state index contributed by atoms with van der Waals surface area (Å²) in [7, 11) is 0. The van der Waals surface area contributed by atoms with E-state index in [1.54, 1.807) is 0 Å². The Kier molecular flexibility index (Phi) is 4.72. The zero-order valence-electron chi connectivity index (χ0n) is 9.32. The highest BCUT2D eigenvalue weighted by Gasteiger charge is 2.10. The Morgan fingerprint density at radius 1 is 1.62 bits per heavy atom. The number of hydrogen-bond acceptors (Lipinski definition) is 3. The van der Waals surface area contributed by atoms with Gasteiger partial charge < -0.3 is 16.0 Å². The van der Waals surface area contributed by atoms with E-state index in [9.17, 15) is 9.59 Å². The summed E-state index contributed by atoms with van der Waals surface area (Å²) in [4.78, 5) is 25.6. The van der Waals surface area contributed by atoms with Gasteiger partial charge >= 0.3 is 0 Å². The molecule has 0 bridgehead atoms. The van der Waals surface area contributed by atoms with Crippen LogP contribution in [0.15, 0.2) is 23.3 Å². The van der Waals surface area contributed by atoms with Crippen LogP contribution in [0.1, 0.15) is 30.1 Å². The third-order valence-corrected chi connectivity index (χ3v) is 2.25. The highest BCUT2D eigenvalue weighted by molar-refractivity contribution is 5.93. The summed E-state index contributed by atoms with van der Waals surface area (Å²) in [5.74, 6) is -0.381. The molecule has 1 rings (SSSR count). The van der Waals surface area contributed by atoms with Gasteiger partial charge in [-0.25, -0.2) is 0 Å². The van der Waals surface area contributed by atoms with Gasteiger partial charge in [0.25, 0.3) is 5.91 Å². The van der Waals surface area contributed by atoms with E-state index in [1.807, 2.05) is 6.92 Å². The van der Waals surface area contributed by atoms with Crippen molar-refractivity contribution in [3.63, 3.8) is 0 Å². The molecule has 0 fully saturated rings. The predicted molar refractivity (Wildman–Crippen MR) is 62.3 cm³/mol. The first-order valence-corrected chi connectivity index (χ1v) is 5.36. The Bertz CT molecular complexity index is 400. The molecule has 1 aromatic rings. The third-order valence-electron chi connectivity index (χ3n) is 2.25. The van der Waals surface area contributed by atoms with E-state index in [4.69, 9.17) is 5.73 Å².